The third-order valence-corrected chi connectivity index (χ3v) is 2.93. The van der Waals surface area contributed by atoms with Crippen molar-refractivity contribution in [2.45, 2.75) is 6.54 Å². The molecule has 0 saturated heterocycles. The van der Waals surface area contributed by atoms with E-state index in [4.69, 9.17) is 21.3 Å². The highest BCUT2D eigenvalue weighted by atomic mass is 35.5. The summed E-state index contributed by atoms with van der Waals surface area (Å²) >= 11 is 5.81. The number of nitriles is 1. The molecule has 1 aromatic carbocycles. The molecule has 0 fully saturated rings. The maximum absolute atomic E-state index is 11.9. The van der Waals surface area contributed by atoms with Gasteiger partial charge in [-0.2, -0.15) is 5.26 Å². The number of phenols is 1. The Labute approximate surface area is 131 Å². The van der Waals surface area contributed by atoms with E-state index in [0.29, 0.717) is 16.5 Å². The second-order valence-electron chi connectivity index (χ2n) is 4.24. The van der Waals surface area contributed by atoms with E-state index in [1.165, 1.54) is 30.7 Å². The van der Waals surface area contributed by atoms with E-state index in [0.717, 1.165) is 0 Å². The number of hydrogen-bond donors (Lipinski definition) is 3. The number of nitrogens with zero attached hydrogens (tertiary/aromatic N) is 1. The van der Waals surface area contributed by atoms with Crippen LogP contribution in [0.3, 0.4) is 0 Å². The quantitative estimate of drug-likeness (QED) is 0.447. The first-order chi connectivity index (χ1) is 10.6. The Hall–Kier alpha value is -2.91. The van der Waals surface area contributed by atoms with Gasteiger partial charge >= 0.3 is 0 Å². The highest BCUT2D eigenvalue weighted by molar-refractivity contribution is 6.30. The number of phenolic OH excluding ortho intramolecular Hbond substituents is 1. The smallest absolute Gasteiger partial charge is 0.263 e. The van der Waals surface area contributed by atoms with E-state index < -0.39 is 5.91 Å². The number of aromatic hydroxyl groups is 1. The minimum absolute atomic E-state index is 0.0473. The normalized spacial score (nSPS) is 10.8. The number of amides is 1. The van der Waals surface area contributed by atoms with Crippen LogP contribution in [0.2, 0.25) is 5.02 Å². The maximum atomic E-state index is 11.9. The molecule has 1 aromatic heterocycles. The molecule has 1 heterocycles. The average Bonchev–Trinajstić information content (AvgIpc) is 3.02. The van der Waals surface area contributed by atoms with Gasteiger partial charge in [-0.1, -0.05) is 11.6 Å². The van der Waals surface area contributed by atoms with Crippen molar-refractivity contribution in [3.8, 4) is 11.8 Å². The fraction of sp³-hybridized carbons (Fsp3) is 0.0667. The largest absolute Gasteiger partial charge is 0.506 e. The Bertz CT molecular complexity index is 733. The first-order valence-corrected chi connectivity index (χ1v) is 6.64. The van der Waals surface area contributed by atoms with E-state index in [1.807, 2.05) is 0 Å². The van der Waals surface area contributed by atoms with E-state index in [1.54, 1.807) is 18.2 Å². The number of hydrogen-bond acceptors (Lipinski definition) is 5. The van der Waals surface area contributed by atoms with E-state index >= 15 is 0 Å². The third-order valence-electron chi connectivity index (χ3n) is 2.70. The Balaban J connectivity index is 2.02. The second-order valence-corrected chi connectivity index (χ2v) is 4.67. The number of benzene rings is 1. The number of carbonyl (C=O) groups is 1. The van der Waals surface area contributed by atoms with Crippen molar-refractivity contribution >= 4 is 23.2 Å². The van der Waals surface area contributed by atoms with Crippen LogP contribution < -0.4 is 10.6 Å². The summed E-state index contributed by atoms with van der Waals surface area (Å²) in [7, 11) is 0. The van der Waals surface area contributed by atoms with Gasteiger partial charge in [0.15, 0.2) is 0 Å². The lowest BCUT2D eigenvalue weighted by molar-refractivity contribution is -0.117. The molecule has 112 valence electrons. The lowest BCUT2D eigenvalue weighted by atomic mass is 10.2. The van der Waals surface area contributed by atoms with Crippen molar-refractivity contribution in [2.24, 2.45) is 0 Å². The molecule has 3 N–H and O–H groups in total. The van der Waals surface area contributed by atoms with Gasteiger partial charge in [-0.15, -0.1) is 0 Å². The van der Waals surface area contributed by atoms with Gasteiger partial charge in [0.2, 0.25) is 0 Å². The molecule has 0 aliphatic carbocycles. The van der Waals surface area contributed by atoms with Crippen molar-refractivity contribution in [1.82, 2.24) is 5.32 Å². The van der Waals surface area contributed by atoms with Crippen LogP contribution in [0.25, 0.3) is 0 Å². The first-order valence-electron chi connectivity index (χ1n) is 6.26. The van der Waals surface area contributed by atoms with Gasteiger partial charge in [0.05, 0.1) is 18.5 Å². The molecular weight excluding hydrogens is 306 g/mol. The van der Waals surface area contributed by atoms with Crippen LogP contribution >= 0.6 is 11.6 Å². The lowest BCUT2D eigenvalue weighted by Crippen LogP contribution is -2.24. The van der Waals surface area contributed by atoms with Crippen molar-refractivity contribution < 1.29 is 14.3 Å². The average molecular weight is 318 g/mol. The Morgan fingerprint density at radius 3 is 2.95 bits per heavy atom. The summed E-state index contributed by atoms with van der Waals surface area (Å²) < 4.78 is 5.08. The summed E-state index contributed by atoms with van der Waals surface area (Å²) in [5, 5.41) is 24.3. The maximum Gasteiger partial charge on any atom is 0.263 e. The molecule has 0 spiro atoms. The number of carbonyl (C=O) groups excluding carboxylic acids is 1. The highest BCUT2D eigenvalue weighted by Gasteiger charge is 2.10. The fourth-order valence-electron chi connectivity index (χ4n) is 1.60. The Morgan fingerprint density at radius 1 is 1.45 bits per heavy atom. The topological polar surface area (TPSA) is 98.3 Å². The van der Waals surface area contributed by atoms with Gasteiger partial charge in [0.25, 0.3) is 5.91 Å². The molecule has 0 saturated carbocycles. The van der Waals surface area contributed by atoms with Gasteiger partial charge < -0.3 is 20.2 Å². The number of nitrogens with one attached hydrogen (secondary N) is 2. The van der Waals surface area contributed by atoms with Gasteiger partial charge in [-0.3, -0.25) is 4.79 Å². The number of anilines is 1. The molecule has 2 rings (SSSR count). The molecule has 0 atom stereocenters. The van der Waals surface area contributed by atoms with Gasteiger partial charge in [0.1, 0.15) is 23.2 Å². The summed E-state index contributed by atoms with van der Waals surface area (Å²) in [4.78, 5) is 11.9. The van der Waals surface area contributed by atoms with Crippen LogP contribution in [0, 0.1) is 11.3 Å². The Kier molecular flexibility index (Phi) is 5.07. The molecular formula is C15H12ClN3O3. The van der Waals surface area contributed by atoms with Crippen molar-refractivity contribution in [2.75, 3.05) is 5.32 Å². The summed E-state index contributed by atoms with van der Waals surface area (Å²) in [5.74, 6) is -0.0343. The molecule has 6 nitrogen and oxygen atoms in total. The van der Waals surface area contributed by atoms with Crippen LogP contribution in [-0.2, 0) is 11.3 Å². The van der Waals surface area contributed by atoms with E-state index in [-0.39, 0.29) is 17.9 Å². The van der Waals surface area contributed by atoms with Crippen molar-refractivity contribution in [3.05, 3.63) is 59.2 Å². The van der Waals surface area contributed by atoms with Crippen molar-refractivity contribution in [1.29, 1.82) is 5.26 Å². The number of furan rings is 1. The standard InChI is InChI=1S/C15H12ClN3O3/c16-11-3-4-14(20)13(6-11)18-8-10(7-17)15(21)19-9-12-2-1-5-22-12/h1-6,8,18,20H,9H2,(H,19,21)/b10-8-. The zero-order valence-electron chi connectivity index (χ0n) is 11.3. The van der Waals surface area contributed by atoms with E-state index in [2.05, 4.69) is 10.6 Å². The minimum atomic E-state index is -0.562. The predicted molar refractivity (Wildman–Crippen MR) is 81.0 cm³/mol. The van der Waals surface area contributed by atoms with Crippen LogP contribution in [0.5, 0.6) is 5.75 Å². The monoisotopic (exact) mass is 317 g/mol. The Morgan fingerprint density at radius 2 is 2.27 bits per heavy atom. The molecule has 2 aromatic rings. The molecule has 0 aliphatic rings. The third kappa shape index (κ3) is 4.04. The van der Waals surface area contributed by atoms with Gasteiger partial charge in [-0.05, 0) is 30.3 Å². The predicted octanol–water partition coefficient (Wildman–Crippen LogP) is 2.77. The summed E-state index contributed by atoms with van der Waals surface area (Å²) in [6.07, 6.45) is 2.69. The summed E-state index contributed by atoms with van der Waals surface area (Å²) in [6.45, 7) is 0.174. The molecule has 7 heteroatoms. The summed E-state index contributed by atoms with van der Waals surface area (Å²) in [5.41, 5.74) is 0.144. The number of rotatable bonds is 5. The summed E-state index contributed by atoms with van der Waals surface area (Å²) in [6, 6.07) is 9.59. The molecule has 1 amide bonds. The van der Waals surface area contributed by atoms with Crippen LogP contribution in [-0.4, -0.2) is 11.0 Å². The minimum Gasteiger partial charge on any atom is -0.506 e. The lowest BCUT2D eigenvalue weighted by Gasteiger charge is -2.06. The molecule has 0 unspecified atom stereocenters. The van der Waals surface area contributed by atoms with Crippen LogP contribution in [0.15, 0.2) is 52.8 Å². The van der Waals surface area contributed by atoms with E-state index in [9.17, 15) is 9.90 Å². The van der Waals surface area contributed by atoms with Crippen LogP contribution in [0.1, 0.15) is 5.76 Å². The van der Waals surface area contributed by atoms with Gasteiger partial charge in [-0.25, -0.2) is 0 Å². The molecule has 0 bridgehead atoms. The second kappa shape index (κ2) is 7.20. The van der Waals surface area contributed by atoms with Crippen LogP contribution in [0.4, 0.5) is 5.69 Å². The zero-order valence-corrected chi connectivity index (χ0v) is 12.1. The van der Waals surface area contributed by atoms with Gasteiger partial charge in [0, 0.05) is 11.2 Å². The number of halogens is 1. The fourth-order valence-corrected chi connectivity index (χ4v) is 1.77. The SMILES string of the molecule is N#C/C(=C/Nc1cc(Cl)ccc1O)C(=O)NCc1ccco1. The molecule has 0 aliphatic heterocycles. The van der Waals surface area contributed by atoms with Crippen molar-refractivity contribution in [3.63, 3.8) is 0 Å². The first kappa shape index (κ1) is 15.5. The zero-order chi connectivity index (χ0) is 15.9. The molecule has 0 radical (unpaired) electrons. The molecule has 22 heavy (non-hydrogen) atoms. The highest BCUT2D eigenvalue weighted by Crippen LogP contribution is 2.26.